The first kappa shape index (κ1) is 95.3. The number of aryl methyl sites for hydroxylation is 8. The van der Waals surface area contributed by atoms with Gasteiger partial charge in [0.05, 0.1) is 79.0 Å². The number of hydrogen-bond donors (Lipinski definition) is 10. The van der Waals surface area contributed by atoms with Gasteiger partial charge in [-0.2, -0.15) is 0 Å². The number of nitrogen functional groups attached to an aromatic ring is 4. The van der Waals surface area contributed by atoms with E-state index in [9.17, 15) is 33.6 Å². The van der Waals surface area contributed by atoms with E-state index >= 15 is 0 Å². The van der Waals surface area contributed by atoms with Crippen LogP contribution in [0.25, 0.3) is 75.1 Å². The Balaban J connectivity index is 0.000000167. The van der Waals surface area contributed by atoms with Crippen molar-refractivity contribution in [3.8, 4) is 28.8 Å². The third-order valence-corrected chi connectivity index (χ3v) is 24.2. The Bertz CT molecular complexity index is 6590. The summed E-state index contributed by atoms with van der Waals surface area (Å²) in [4.78, 5) is 115. The molecule has 10 aromatic heterocycles. The lowest BCUT2D eigenvalue weighted by Crippen LogP contribution is -2.13. The first-order valence-corrected chi connectivity index (χ1v) is 43.3. The maximum Gasteiger partial charge on any atom is 0.354 e. The number of primary amides is 1. The van der Waals surface area contributed by atoms with E-state index in [1.54, 1.807) is 126 Å². The molecule has 0 atom stereocenters. The van der Waals surface area contributed by atoms with Gasteiger partial charge in [0, 0.05) is 90.6 Å². The van der Waals surface area contributed by atoms with Gasteiger partial charge in [-0.15, -0.1) is 34.0 Å². The van der Waals surface area contributed by atoms with Crippen LogP contribution < -0.4 is 44.5 Å². The second kappa shape index (κ2) is 45.5. The second-order valence-corrected chi connectivity index (χ2v) is 33.5. The number of carboxylic acids is 2. The van der Waals surface area contributed by atoms with Crippen LogP contribution in [0.5, 0.6) is 5.75 Å². The number of amides is 1. The van der Waals surface area contributed by atoms with Gasteiger partial charge in [0.1, 0.15) is 22.8 Å². The number of ether oxygens (including phenoxy) is 3. The highest BCUT2D eigenvalue weighted by Crippen LogP contribution is 2.31. The Kier molecular flexibility index (Phi) is 35.0. The molecule has 0 aliphatic rings. The van der Waals surface area contributed by atoms with Gasteiger partial charge in [-0.1, -0.05) is 69.8 Å². The molecule has 0 radical (unpaired) electrons. The van der Waals surface area contributed by atoms with Crippen LogP contribution in [0.15, 0.2) is 227 Å². The number of benzene rings is 6. The van der Waals surface area contributed by atoms with E-state index < -0.39 is 29.8 Å². The highest BCUT2D eigenvalue weighted by molar-refractivity contribution is 9.11. The average Bonchev–Trinajstić information content (AvgIpc) is 0.974. The summed E-state index contributed by atoms with van der Waals surface area (Å²) in [5.41, 5.74) is 41.1. The molecular weight excluding hydrogens is 1900 g/mol. The Labute approximate surface area is 756 Å². The number of aliphatic hydroxyl groups excluding tert-OH is 1. The summed E-state index contributed by atoms with van der Waals surface area (Å²) in [7, 11) is 2.66. The van der Waals surface area contributed by atoms with Crippen LogP contribution in [0.4, 0.5) is 22.7 Å². The lowest BCUT2D eigenvalue weighted by molar-refractivity contribution is 0.0593. The van der Waals surface area contributed by atoms with Crippen molar-refractivity contribution in [2.75, 3.05) is 50.4 Å². The van der Waals surface area contributed by atoms with Gasteiger partial charge in [-0.05, 0) is 277 Å². The summed E-state index contributed by atoms with van der Waals surface area (Å²) >= 11 is 18.1. The second-order valence-electron chi connectivity index (χ2n) is 27.3. The molecule has 15 N–H and O–H groups in total. The summed E-state index contributed by atoms with van der Waals surface area (Å²) < 4.78 is 21.7. The topological polar surface area (TPSA) is 460 Å². The number of methoxy groups -OCH3 is 2. The summed E-state index contributed by atoms with van der Waals surface area (Å²) in [5, 5.41) is 36.0. The number of esters is 2. The van der Waals surface area contributed by atoms with Crippen molar-refractivity contribution in [3.63, 3.8) is 0 Å². The zero-order valence-corrected chi connectivity index (χ0v) is 76.8. The lowest BCUT2D eigenvalue weighted by atomic mass is 10.1. The molecule has 34 heteroatoms. The minimum atomic E-state index is -1.01. The van der Waals surface area contributed by atoms with Crippen molar-refractivity contribution in [2.45, 2.75) is 67.2 Å². The molecule has 0 aliphatic heterocycles. The predicted octanol–water partition coefficient (Wildman–Crippen LogP) is 19.2. The minimum Gasteiger partial charge on any atom is -0.493 e. The molecule has 0 aliphatic carbocycles. The van der Waals surface area contributed by atoms with Gasteiger partial charge in [0.15, 0.2) is 11.6 Å². The van der Waals surface area contributed by atoms with E-state index in [1.807, 2.05) is 143 Å². The van der Waals surface area contributed by atoms with Gasteiger partial charge >= 0.3 is 23.9 Å². The van der Waals surface area contributed by atoms with Crippen molar-refractivity contribution in [2.24, 2.45) is 5.73 Å². The maximum absolute atomic E-state index is 12.8. The molecule has 0 unspecified atom stereocenters. The van der Waals surface area contributed by atoms with E-state index in [0.717, 1.165) is 107 Å². The van der Waals surface area contributed by atoms with Crippen LogP contribution in [-0.4, -0.2) is 117 Å². The molecule has 27 nitrogen and oxygen atoms in total. The zero-order valence-electron chi connectivity index (χ0n) is 68.0. The standard InChI is InChI=1S/C24H20N4O2S.C16H10BrN3OS.C9H10BrNO2.C9H11NO2.C8H9BrN2O.C8H8BrNO2.C8H5NO2S.C8H11NO/c1-15-11-19-18(13-21(15)30-9-2-3-16-4-7-25-8-5-16)24(29)28-23(27-19)20-12-17-6-10-31-22(17)14-26-20;1-8-4-12-10(6-11(8)17)16(21)20-15(19-12)13-5-9-2-3-22-14(9)7-18-13;1-5-3-8(11)6(4-7(5)10)9(12)13-2;1-6-3-4-7(8(10)5-6)9(11)12-2;2*1-4-2-7(10)5(8(11)12)3-6(4)9;10-8(11)6-3-5-1-2-12-7(5)4-9-6;10-7-1-2-8-3-5-9-6-4-8/h4-8,10-14H,2-3,9H2,1H3,(H,27,28,29);2-7H,1H3,(H,19,20,21);3-4H,11H2,1-2H3;3-5H,10H2,1-2H3;2-3H,10H2,1H3,(H2,11,12);2-3H,10H2,1H3,(H,11,12);1-4H,(H,10,11);3-6,10H,1-2,7H2. The molecule has 0 spiro atoms. The molecule has 124 heavy (non-hydrogen) atoms. The van der Waals surface area contributed by atoms with Crippen LogP contribution >= 0.6 is 97.7 Å². The van der Waals surface area contributed by atoms with Gasteiger partial charge in [-0.25, -0.2) is 34.1 Å². The first-order valence-electron chi connectivity index (χ1n) is 37.5. The Hall–Kier alpha value is -12.5. The van der Waals surface area contributed by atoms with Crippen LogP contribution in [0.1, 0.15) is 109 Å². The fourth-order valence-corrected chi connectivity index (χ4v) is 15.1. The number of carboxylic acid groups (broad SMARTS) is 2. The molecule has 0 fully saturated rings. The molecule has 0 bridgehead atoms. The number of aromatic carboxylic acids is 2. The Morgan fingerprint density at radius 2 is 0.863 bits per heavy atom. The van der Waals surface area contributed by atoms with Crippen LogP contribution in [-0.2, 0) is 22.3 Å². The zero-order chi connectivity index (χ0) is 90.0. The number of carbonyl (C=O) groups excluding carboxylic acids is 3. The largest absolute Gasteiger partial charge is 0.493 e. The van der Waals surface area contributed by atoms with E-state index in [-0.39, 0.29) is 29.0 Å². The third kappa shape index (κ3) is 26.5. The summed E-state index contributed by atoms with van der Waals surface area (Å²) in [6.45, 7) is 12.3. The molecular formula is C90H84Br4N14O13S3. The number of fused-ring (bicyclic) bond motifs is 5. The van der Waals surface area contributed by atoms with Crippen molar-refractivity contribution in [1.29, 1.82) is 0 Å². The molecule has 0 saturated heterocycles. The van der Waals surface area contributed by atoms with Crippen LogP contribution in [0.3, 0.4) is 0 Å². The van der Waals surface area contributed by atoms with Crippen LogP contribution in [0, 0.1) is 41.5 Å². The van der Waals surface area contributed by atoms with Gasteiger partial charge in [0.25, 0.3) is 17.0 Å². The average molecular weight is 1990 g/mol. The number of H-pyrrole nitrogens is 2. The monoisotopic (exact) mass is 1980 g/mol. The number of carbonyl (C=O) groups is 5. The molecule has 16 aromatic rings. The number of nitrogens with one attached hydrogen (secondary N) is 2. The predicted molar refractivity (Wildman–Crippen MR) is 507 cm³/mol. The number of pyridine rings is 5. The number of halogens is 4. The Morgan fingerprint density at radius 3 is 1.33 bits per heavy atom. The number of thiophene rings is 3. The number of nitrogens with two attached hydrogens (primary N) is 5. The maximum atomic E-state index is 12.8. The summed E-state index contributed by atoms with van der Waals surface area (Å²) in [6, 6.07) is 41.9. The van der Waals surface area contributed by atoms with E-state index in [4.69, 9.17) is 48.7 Å². The van der Waals surface area contributed by atoms with Gasteiger partial charge < -0.3 is 68.2 Å². The van der Waals surface area contributed by atoms with E-state index in [1.165, 1.54) is 31.4 Å². The highest BCUT2D eigenvalue weighted by Gasteiger charge is 2.17. The van der Waals surface area contributed by atoms with E-state index in [2.05, 4.69) is 118 Å². The van der Waals surface area contributed by atoms with Crippen molar-refractivity contribution >= 4 is 202 Å². The number of anilines is 4. The molecule has 0 saturated carbocycles. The van der Waals surface area contributed by atoms with Crippen LogP contribution in [0.2, 0.25) is 0 Å². The fourth-order valence-electron chi connectivity index (χ4n) is 11.5. The summed E-state index contributed by atoms with van der Waals surface area (Å²) in [5.74, 6) is -1.64. The number of rotatable bonds is 15. The minimum absolute atomic E-state index is 0.0981. The number of aromatic nitrogens is 9. The highest BCUT2D eigenvalue weighted by atomic mass is 79.9. The number of aromatic amines is 2. The molecule has 1 amide bonds. The quantitative estimate of drug-likeness (QED) is 0.0259. The van der Waals surface area contributed by atoms with Crippen molar-refractivity contribution in [1.82, 2.24) is 44.9 Å². The lowest BCUT2D eigenvalue weighted by Gasteiger charge is -2.11. The third-order valence-electron chi connectivity index (χ3n) is 18.2. The number of aliphatic hydroxyl groups is 1. The summed E-state index contributed by atoms with van der Waals surface area (Å²) in [6.07, 6.45) is 15.9. The molecule has 16 rings (SSSR count). The molecule has 6 aromatic carbocycles. The smallest absolute Gasteiger partial charge is 0.354 e. The van der Waals surface area contributed by atoms with E-state index in [0.29, 0.717) is 96.6 Å². The molecule has 638 valence electrons. The van der Waals surface area contributed by atoms with Crippen molar-refractivity contribution in [3.05, 3.63) is 310 Å². The number of hydrogen-bond acceptors (Lipinski definition) is 25. The van der Waals surface area contributed by atoms with Gasteiger partial charge in [-0.3, -0.25) is 34.3 Å². The van der Waals surface area contributed by atoms with Crippen molar-refractivity contribution < 1.29 is 53.5 Å². The molecule has 10 heterocycles. The normalized spacial score (nSPS) is 10.5. The fraction of sp³-hybridized carbons (Fsp3) is 0.156. The van der Waals surface area contributed by atoms with Gasteiger partial charge in [0.2, 0.25) is 0 Å². The first-order chi connectivity index (χ1) is 59.2. The Morgan fingerprint density at radius 1 is 0.452 bits per heavy atom. The number of nitrogens with zero attached hydrogens (tertiary/aromatic N) is 7. The SMILES string of the molecule is COC(=O)c1cc(Br)c(C)cc1N.COC(=O)c1ccc(C)cc1N.Cc1cc(N)c(C(=O)O)cc1Br.Cc1cc(N)c(C(N)=O)cc1Br.Cc1cc2nc(-c3cc4ccsc4cn3)[nH]c(=O)c2cc1Br.Cc1cc2nc(-c3cc4ccsc4cn3)[nH]c(=O)c2cc1OCCCc1ccncc1.O=C(O)c1cc2ccsc2cn1.OCCCc1ccncc1.